The molecular weight excluding hydrogens is 526 g/mol. The summed E-state index contributed by atoms with van der Waals surface area (Å²) in [4.78, 5) is 27.0. The summed E-state index contributed by atoms with van der Waals surface area (Å²) in [6.45, 7) is 4.13. The largest absolute Gasteiger partial charge is 0.335 e. The van der Waals surface area contributed by atoms with Crippen molar-refractivity contribution in [2.45, 2.75) is 78.2 Å². The molecule has 10 heteroatoms. The number of carbonyl (C=O) groups is 1. The molecule has 2 aromatic heterocycles. The van der Waals surface area contributed by atoms with Crippen LogP contribution in [0.15, 0.2) is 53.3 Å². The predicted molar refractivity (Wildman–Crippen MR) is 153 cm³/mol. The molecule has 41 heavy (non-hydrogen) atoms. The minimum absolute atomic E-state index is 0.0997. The quantitative estimate of drug-likeness (QED) is 0.232. The summed E-state index contributed by atoms with van der Waals surface area (Å²) < 4.78 is 31.2. The summed E-state index contributed by atoms with van der Waals surface area (Å²) in [6, 6.07) is 15.3. The van der Waals surface area contributed by atoms with Gasteiger partial charge in [0.1, 0.15) is 5.69 Å². The van der Waals surface area contributed by atoms with Crippen LogP contribution < -0.4 is 5.69 Å². The third-order valence-electron chi connectivity index (χ3n) is 8.01. The number of carbonyl (C=O) groups excluding carboxylic acids is 1. The number of nitrogens with one attached hydrogen (secondary N) is 1. The molecular formula is C31H36F2N6O2. The molecule has 1 N–H and O–H groups in total. The monoisotopic (exact) mass is 562 g/mol. The summed E-state index contributed by atoms with van der Waals surface area (Å²) in [5, 5.41) is 14.3. The number of nitrogens with zero attached hydrogens (tertiary/aromatic N) is 5. The maximum absolute atomic E-state index is 14.5. The molecule has 0 amide bonds. The van der Waals surface area contributed by atoms with Gasteiger partial charge in [0.2, 0.25) is 11.7 Å². The average molecular weight is 563 g/mol. The van der Waals surface area contributed by atoms with E-state index in [0.717, 1.165) is 58.9 Å². The lowest BCUT2D eigenvalue weighted by atomic mass is 9.87. The first kappa shape index (κ1) is 28.6. The Kier molecular flexibility index (Phi) is 8.85. The number of halogens is 2. The molecule has 1 aliphatic carbocycles. The third kappa shape index (κ3) is 6.36. The van der Waals surface area contributed by atoms with Crippen molar-refractivity contribution in [2.24, 2.45) is 11.8 Å². The van der Waals surface area contributed by atoms with Gasteiger partial charge in [0.15, 0.2) is 0 Å². The Morgan fingerprint density at radius 3 is 2.37 bits per heavy atom. The van der Waals surface area contributed by atoms with Gasteiger partial charge in [-0.3, -0.25) is 9.36 Å². The highest BCUT2D eigenvalue weighted by atomic mass is 19.3. The van der Waals surface area contributed by atoms with Crippen LogP contribution in [0.3, 0.4) is 0 Å². The van der Waals surface area contributed by atoms with Gasteiger partial charge in [-0.15, -0.1) is 10.2 Å². The van der Waals surface area contributed by atoms with Crippen LogP contribution in [-0.4, -0.2) is 35.7 Å². The molecule has 5 rings (SSSR count). The smallest absolute Gasteiger partial charge is 0.291 e. The first-order valence-corrected chi connectivity index (χ1v) is 14.4. The number of tetrazole rings is 1. The van der Waals surface area contributed by atoms with Crippen molar-refractivity contribution in [1.29, 1.82) is 0 Å². The number of aromatic nitrogens is 6. The summed E-state index contributed by atoms with van der Waals surface area (Å²) in [6.07, 6.45) is 3.12. The van der Waals surface area contributed by atoms with Gasteiger partial charge in [-0.1, -0.05) is 81.6 Å². The Morgan fingerprint density at radius 1 is 1.02 bits per heavy atom. The minimum Gasteiger partial charge on any atom is -0.291 e. The fourth-order valence-corrected chi connectivity index (χ4v) is 5.83. The Labute approximate surface area is 237 Å². The lowest BCUT2D eigenvalue weighted by Gasteiger charge is -2.20. The number of rotatable bonds is 10. The van der Waals surface area contributed by atoms with E-state index in [1.807, 2.05) is 62.4 Å². The zero-order valence-corrected chi connectivity index (χ0v) is 23.5. The molecule has 0 aliphatic heterocycles. The highest BCUT2D eigenvalue weighted by molar-refractivity contribution is 5.81. The zero-order valence-electron chi connectivity index (χ0n) is 23.5. The molecule has 0 radical (unpaired) electrons. The first-order valence-electron chi connectivity index (χ1n) is 14.4. The normalized spacial score (nSPS) is 14.3. The van der Waals surface area contributed by atoms with Crippen LogP contribution in [0, 0.1) is 11.8 Å². The topological polar surface area (TPSA) is 98.5 Å². The van der Waals surface area contributed by atoms with Crippen LogP contribution in [0.1, 0.15) is 87.0 Å². The van der Waals surface area contributed by atoms with E-state index in [4.69, 9.17) is 0 Å². The molecule has 1 fully saturated rings. The Hall–Kier alpha value is -3.95. The average Bonchev–Trinajstić information content (AvgIpc) is 3.60. The molecule has 0 atom stereocenters. The van der Waals surface area contributed by atoms with Gasteiger partial charge < -0.3 is 0 Å². The van der Waals surface area contributed by atoms with Gasteiger partial charge in [0, 0.05) is 17.7 Å². The van der Waals surface area contributed by atoms with Crippen LogP contribution in [0.5, 0.6) is 0 Å². The highest BCUT2D eigenvalue weighted by Gasteiger charge is 2.31. The van der Waals surface area contributed by atoms with Crippen LogP contribution in [0.25, 0.3) is 22.5 Å². The number of imidazole rings is 1. The first-order chi connectivity index (χ1) is 19.8. The zero-order chi connectivity index (χ0) is 28.9. The van der Waals surface area contributed by atoms with Gasteiger partial charge in [-0.25, -0.2) is 18.1 Å². The molecule has 1 saturated carbocycles. The van der Waals surface area contributed by atoms with Gasteiger partial charge in [0.25, 0.3) is 6.43 Å². The molecule has 216 valence electrons. The molecule has 2 aromatic carbocycles. The molecule has 4 aromatic rings. The molecule has 8 nitrogen and oxygen atoms in total. The van der Waals surface area contributed by atoms with Crippen molar-refractivity contribution in [3.8, 4) is 22.5 Å². The summed E-state index contributed by atoms with van der Waals surface area (Å²) >= 11 is 0. The number of aromatic amines is 1. The predicted octanol–water partition coefficient (Wildman–Crippen LogP) is 6.68. The van der Waals surface area contributed by atoms with E-state index < -0.39 is 23.7 Å². The lowest BCUT2D eigenvalue weighted by Crippen LogP contribution is -2.32. The fraction of sp³-hybridized carbons (Fsp3) is 0.452. The second-order valence-electron chi connectivity index (χ2n) is 11.3. The van der Waals surface area contributed by atoms with E-state index in [2.05, 4.69) is 20.6 Å². The van der Waals surface area contributed by atoms with E-state index in [-0.39, 0.29) is 30.5 Å². The van der Waals surface area contributed by atoms with Crippen molar-refractivity contribution >= 4 is 5.91 Å². The summed E-state index contributed by atoms with van der Waals surface area (Å²) in [7, 11) is 0. The SMILES string of the molecule is CC(C)CCc1c(C(F)F)n(C(=O)CC2CCCCC2)c(=O)n1Cc1ccc(-c2ccccc2-c2nn[nH]n2)cc1. The minimum atomic E-state index is -2.93. The molecule has 0 spiro atoms. The van der Waals surface area contributed by atoms with Crippen LogP contribution in [0.2, 0.25) is 0 Å². The number of alkyl halides is 2. The maximum atomic E-state index is 14.5. The molecule has 0 saturated heterocycles. The molecule has 0 bridgehead atoms. The fourth-order valence-electron chi connectivity index (χ4n) is 5.83. The van der Waals surface area contributed by atoms with Crippen molar-refractivity contribution in [3.05, 3.63) is 76.0 Å². The van der Waals surface area contributed by atoms with Crippen LogP contribution in [-0.2, 0) is 13.0 Å². The number of hydrogen-bond acceptors (Lipinski definition) is 5. The molecule has 0 unspecified atom stereocenters. The van der Waals surface area contributed by atoms with Crippen molar-refractivity contribution < 1.29 is 13.6 Å². The summed E-state index contributed by atoms with van der Waals surface area (Å²) in [5.41, 5.74) is 2.55. The van der Waals surface area contributed by atoms with Crippen LogP contribution >= 0.6 is 0 Å². The van der Waals surface area contributed by atoms with E-state index >= 15 is 0 Å². The van der Waals surface area contributed by atoms with Gasteiger partial charge in [0.05, 0.1) is 6.54 Å². The van der Waals surface area contributed by atoms with Gasteiger partial charge in [-0.05, 0) is 59.4 Å². The van der Waals surface area contributed by atoms with Crippen LogP contribution in [0.4, 0.5) is 8.78 Å². The van der Waals surface area contributed by atoms with Gasteiger partial charge >= 0.3 is 5.69 Å². The van der Waals surface area contributed by atoms with E-state index in [9.17, 15) is 18.4 Å². The molecule has 1 aliphatic rings. The van der Waals surface area contributed by atoms with E-state index in [0.29, 0.717) is 18.7 Å². The van der Waals surface area contributed by atoms with Crippen molar-refractivity contribution in [3.63, 3.8) is 0 Å². The lowest BCUT2D eigenvalue weighted by molar-refractivity contribution is 0.0823. The van der Waals surface area contributed by atoms with E-state index in [1.54, 1.807) is 0 Å². The number of hydrogen-bond donors (Lipinski definition) is 1. The standard InChI is InChI=1S/C31H36F2N6O2/c1-20(2)12-17-26-28(29(32)33)39(27(40)18-21-8-4-3-5-9-21)31(41)38(26)19-22-13-15-23(16-14-22)24-10-6-7-11-25(24)30-34-36-37-35-30/h6-7,10-11,13-16,20-21,29H,3-5,8-9,12,17-19H2,1-2H3,(H,34,35,36,37). The Bertz CT molecular complexity index is 1520. The Morgan fingerprint density at radius 2 is 1.73 bits per heavy atom. The highest BCUT2D eigenvalue weighted by Crippen LogP contribution is 2.31. The second-order valence-corrected chi connectivity index (χ2v) is 11.3. The Balaban J connectivity index is 1.48. The maximum Gasteiger partial charge on any atom is 0.335 e. The molecule has 2 heterocycles. The third-order valence-corrected chi connectivity index (χ3v) is 8.01. The van der Waals surface area contributed by atoms with E-state index in [1.165, 1.54) is 4.57 Å². The summed E-state index contributed by atoms with van der Waals surface area (Å²) in [5.74, 6) is 0.350. The van der Waals surface area contributed by atoms with Gasteiger partial charge in [-0.2, -0.15) is 5.21 Å². The number of H-pyrrole nitrogens is 1. The number of benzene rings is 2. The van der Waals surface area contributed by atoms with Crippen molar-refractivity contribution in [2.75, 3.05) is 0 Å². The van der Waals surface area contributed by atoms with Crippen molar-refractivity contribution in [1.82, 2.24) is 29.8 Å². The second kappa shape index (κ2) is 12.7.